The maximum Gasteiger partial charge on any atom is 0.339 e. The van der Waals surface area contributed by atoms with Crippen LogP contribution in [0.5, 0.6) is 11.5 Å². The summed E-state index contributed by atoms with van der Waals surface area (Å²) in [5, 5.41) is 0. The lowest BCUT2D eigenvalue weighted by atomic mass is 10.0. The van der Waals surface area contributed by atoms with E-state index in [1.807, 2.05) is 18.2 Å². The normalized spacial score (nSPS) is 16.7. The predicted octanol–water partition coefficient (Wildman–Crippen LogP) is 3.46. The molecule has 0 bridgehead atoms. The van der Waals surface area contributed by atoms with Crippen LogP contribution in [-0.2, 0) is 4.74 Å². The second-order valence-corrected chi connectivity index (χ2v) is 7.28. The van der Waals surface area contributed by atoms with Gasteiger partial charge in [0.05, 0.1) is 39.1 Å². The van der Waals surface area contributed by atoms with Gasteiger partial charge in [0.1, 0.15) is 11.5 Å². The molecule has 1 aliphatic heterocycles. The van der Waals surface area contributed by atoms with Gasteiger partial charge in [-0.3, -0.25) is 9.69 Å². The lowest BCUT2D eigenvalue weighted by Crippen LogP contribution is -2.30. The Morgan fingerprint density at radius 3 is 2.59 bits per heavy atom. The largest absolute Gasteiger partial charge is 0.497 e. The van der Waals surface area contributed by atoms with Gasteiger partial charge in [-0.15, -0.1) is 0 Å². The highest BCUT2D eigenvalue weighted by Gasteiger charge is 2.31. The Kier molecular flexibility index (Phi) is 6.27. The van der Waals surface area contributed by atoms with E-state index in [9.17, 15) is 9.59 Å². The molecule has 0 spiro atoms. The summed E-state index contributed by atoms with van der Waals surface area (Å²) >= 11 is 0. The molecule has 0 radical (unpaired) electrons. The van der Waals surface area contributed by atoms with E-state index in [1.165, 1.54) is 7.11 Å². The van der Waals surface area contributed by atoms with Gasteiger partial charge in [-0.05, 0) is 44.9 Å². The first-order valence-electron chi connectivity index (χ1n) is 9.67. The number of carbonyl (C=O) groups is 2. The predicted molar refractivity (Wildman–Crippen MR) is 109 cm³/mol. The van der Waals surface area contributed by atoms with Crippen molar-refractivity contribution < 1.29 is 23.8 Å². The number of aromatic amines is 1. The third kappa shape index (κ3) is 4.00. The quantitative estimate of drug-likeness (QED) is 0.566. The Balaban J connectivity index is 1.83. The molecule has 156 valence electrons. The van der Waals surface area contributed by atoms with Crippen LogP contribution in [0.1, 0.15) is 56.6 Å². The monoisotopic (exact) mass is 400 g/mol. The fourth-order valence-corrected chi connectivity index (χ4v) is 4.16. The van der Waals surface area contributed by atoms with E-state index in [0.717, 1.165) is 36.4 Å². The molecule has 2 heterocycles. The van der Waals surface area contributed by atoms with Crippen LogP contribution in [0.4, 0.5) is 0 Å². The van der Waals surface area contributed by atoms with Crippen LogP contribution in [-0.4, -0.2) is 56.1 Å². The average Bonchev–Trinajstić information content (AvgIpc) is 3.30. The fourth-order valence-electron chi connectivity index (χ4n) is 4.16. The number of aromatic nitrogens is 1. The molecule has 2 aromatic rings. The first kappa shape index (κ1) is 20.9. The SMILES string of the molecule is COC(=O)c1c(C)[nH]c(C(=O)CN2CCC[C@@H]2c2ccc(OC)cc2OC)c1C. The molecule has 0 unspecified atom stereocenters. The van der Waals surface area contributed by atoms with E-state index in [4.69, 9.17) is 14.2 Å². The highest BCUT2D eigenvalue weighted by Crippen LogP contribution is 2.38. The zero-order chi connectivity index (χ0) is 21.1. The fraction of sp³-hybridized carbons (Fsp3) is 0.455. The van der Waals surface area contributed by atoms with Gasteiger partial charge in [0, 0.05) is 23.4 Å². The molecule has 1 saturated heterocycles. The molecule has 3 rings (SSSR count). The molecule has 7 heteroatoms. The number of hydrogen-bond acceptors (Lipinski definition) is 6. The third-order valence-electron chi connectivity index (χ3n) is 5.62. The van der Waals surface area contributed by atoms with Crippen molar-refractivity contribution in [2.24, 2.45) is 0 Å². The number of rotatable bonds is 7. The van der Waals surface area contributed by atoms with Crippen molar-refractivity contribution in [1.82, 2.24) is 9.88 Å². The van der Waals surface area contributed by atoms with Crippen LogP contribution in [0.3, 0.4) is 0 Å². The Morgan fingerprint density at radius 1 is 1.17 bits per heavy atom. The first-order chi connectivity index (χ1) is 13.9. The summed E-state index contributed by atoms with van der Waals surface area (Å²) in [5.41, 5.74) is 3.23. The molecule has 1 atom stereocenters. The van der Waals surface area contributed by atoms with Gasteiger partial charge in [-0.1, -0.05) is 6.07 Å². The van der Waals surface area contributed by atoms with Gasteiger partial charge in [0.15, 0.2) is 5.78 Å². The van der Waals surface area contributed by atoms with Crippen LogP contribution in [0.2, 0.25) is 0 Å². The number of H-pyrrole nitrogens is 1. The van der Waals surface area contributed by atoms with Crippen molar-refractivity contribution in [2.45, 2.75) is 32.7 Å². The summed E-state index contributed by atoms with van der Waals surface area (Å²) in [7, 11) is 4.60. The molecular weight excluding hydrogens is 372 g/mol. The van der Waals surface area contributed by atoms with E-state index < -0.39 is 5.97 Å². The minimum atomic E-state index is -0.433. The highest BCUT2D eigenvalue weighted by atomic mass is 16.5. The molecule has 1 fully saturated rings. The number of carbonyl (C=O) groups excluding carboxylic acids is 2. The summed E-state index contributed by atoms with van der Waals surface area (Å²) in [6.45, 7) is 4.64. The number of nitrogens with one attached hydrogen (secondary N) is 1. The first-order valence-corrected chi connectivity index (χ1v) is 9.67. The number of esters is 1. The van der Waals surface area contributed by atoms with Crippen molar-refractivity contribution in [2.75, 3.05) is 34.4 Å². The maximum absolute atomic E-state index is 13.1. The van der Waals surface area contributed by atoms with E-state index >= 15 is 0 Å². The molecule has 7 nitrogen and oxygen atoms in total. The van der Waals surface area contributed by atoms with Crippen molar-refractivity contribution in [3.8, 4) is 11.5 Å². The van der Waals surface area contributed by atoms with Gasteiger partial charge in [-0.25, -0.2) is 4.79 Å². The van der Waals surface area contributed by atoms with Gasteiger partial charge >= 0.3 is 5.97 Å². The lowest BCUT2D eigenvalue weighted by Gasteiger charge is -2.25. The molecular formula is C22H28N2O5. The van der Waals surface area contributed by atoms with E-state index in [2.05, 4.69) is 9.88 Å². The molecule has 1 aliphatic rings. The number of Topliss-reactive ketones (excluding diaryl/α,β-unsaturated/α-hetero) is 1. The maximum atomic E-state index is 13.1. The molecule has 0 aliphatic carbocycles. The van der Waals surface area contributed by atoms with Gasteiger partial charge in [0.25, 0.3) is 0 Å². The molecule has 1 aromatic carbocycles. The van der Waals surface area contributed by atoms with Gasteiger partial charge in [0.2, 0.25) is 0 Å². The van der Waals surface area contributed by atoms with Gasteiger partial charge < -0.3 is 19.2 Å². The number of aryl methyl sites for hydroxylation is 1. The minimum absolute atomic E-state index is 0.0415. The molecule has 0 amide bonds. The summed E-state index contributed by atoms with van der Waals surface area (Å²) in [6.07, 6.45) is 1.95. The molecule has 1 aromatic heterocycles. The minimum Gasteiger partial charge on any atom is -0.497 e. The van der Waals surface area contributed by atoms with Crippen molar-refractivity contribution >= 4 is 11.8 Å². The van der Waals surface area contributed by atoms with Crippen LogP contribution in [0.25, 0.3) is 0 Å². The van der Waals surface area contributed by atoms with Gasteiger partial charge in [-0.2, -0.15) is 0 Å². The van der Waals surface area contributed by atoms with Crippen LogP contribution >= 0.6 is 0 Å². The summed E-state index contributed by atoms with van der Waals surface area (Å²) in [4.78, 5) is 30.3. The summed E-state index contributed by atoms with van der Waals surface area (Å²) in [6, 6.07) is 5.88. The zero-order valence-electron chi connectivity index (χ0n) is 17.6. The lowest BCUT2D eigenvalue weighted by molar-refractivity contribution is 0.0599. The van der Waals surface area contributed by atoms with Crippen LogP contribution in [0.15, 0.2) is 18.2 Å². The van der Waals surface area contributed by atoms with E-state index in [-0.39, 0.29) is 18.4 Å². The zero-order valence-corrected chi connectivity index (χ0v) is 17.6. The molecule has 29 heavy (non-hydrogen) atoms. The Hall–Kier alpha value is -2.80. The van der Waals surface area contributed by atoms with Crippen molar-refractivity contribution in [3.05, 3.63) is 46.3 Å². The summed E-state index contributed by atoms with van der Waals surface area (Å²) < 4.78 is 15.7. The Morgan fingerprint density at radius 2 is 1.93 bits per heavy atom. The third-order valence-corrected chi connectivity index (χ3v) is 5.62. The number of likely N-dealkylation sites (tertiary alicyclic amines) is 1. The average molecular weight is 400 g/mol. The van der Waals surface area contributed by atoms with E-state index in [1.54, 1.807) is 28.1 Å². The Bertz CT molecular complexity index is 918. The van der Waals surface area contributed by atoms with E-state index in [0.29, 0.717) is 22.5 Å². The number of benzene rings is 1. The van der Waals surface area contributed by atoms with Crippen molar-refractivity contribution in [3.63, 3.8) is 0 Å². The molecule has 0 saturated carbocycles. The number of ether oxygens (including phenoxy) is 3. The number of hydrogen-bond donors (Lipinski definition) is 1. The second-order valence-electron chi connectivity index (χ2n) is 7.28. The topological polar surface area (TPSA) is 80.9 Å². The smallest absolute Gasteiger partial charge is 0.339 e. The number of nitrogens with zero attached hydrogens (tertiary/aromatic N) is 1. The molecule has 1 N–H and O–H groups in total. The van der Waals surface area contributed by atoms with Crippen LogP contribution < -0.4 is 9.47 Å². The van der Waals surface area contributed by atoms with Crippen LogP contribution in [0, 0.1) is 13.8 Å². The number of methoxy groups -OCH3 is 3. The second kappa shape index (κ2) is 8.69. The van der Waals surface area contributed by atoms with Crippen molar-refractivity contribution in [1.29, 1.82) is 0 Å². The standard InChI is InChI=1S/C22H28N2O5/c1-13-20(22(26)29-5)14(2)23-21(13)18(25)12-24-10-6-7-17(24)16-9-8-15(27-3)11-19(16)28-4/h8-9,11,17,23H,6-7,10,12H2,1-5H3/t17-/m1/s1. The number of ketones is 1. The highest BCUT2D eigenvalue weighted by molar-refractivity contribution is 6.02. The Labute approximate surface area is 170 Å². The summed E-state index contributed by atoms with van der Waals surface area (Å²) in [5.74, 6) is 1.02.